The summed E-state index contributed by atoms with van der Waals surface area (Å²) in [6.45, 7) is 6.06. The average Bonchev–Trinajstić information content (AvgIpc) is 2.28. The van der Waals surface area contributed by atoms with Gasteiger partial charge in [-0.1, -0.05) is 29.8 Å². The van der Waals surface area contributed by atoms with Gasteiger partial charge in [0.25, 0.3) is 0 Å². The summed E-state index contributed by atoms with van der Waals surface area (Å²) in [5, 5.41) is 6.34. The van der Waals surface area contributed by atoms with Gasteiger partial charge in [0.2, 0.25) is 0 Å². The van der Waals surface area contributed by atoms with Crippen molar-refractivity contribution in [3.05, 3.63) is 28.5 Å². The summed E-state index contributed by atoms with van der Waals surface area (Å²) in [7, 11) is 1.94. The Balaban J connectivity index is 2.61. The maximum Gasteiger partial charge on any atom is 0.146 e. The summed E-state index contributed by atoms with van der Waals surface area (Å²) in [4.78, 5) is 0. The fourth-order valence-electron chi connectivity index (χ4n) is 1.68. The smallest absolute Gasteiger partial charge is 0.146 e. The lowest BCUT2D eigenvalue weighted by Gasteiger charge is -2.21. The molecule has 0 aliphatic carbocycles. The summed E-state index contributed by atoms with van der Waals surface area (Å²) in [6, 6.07) is 4.94. The molecule has 2 nitrogen and oxygen atoms in total. The Hall–Kier alpha value is -0.610. The first kappa shape index (κ1) is 14.5. The average molecular weight is 303 g/mol. The molecule has 96 valence electrons. The summed E-state index contributed by atoms with van der Waals surface area (Å²) in [5.74, 6) is 0.837. The van der Waals surface area contributed by atoms with Crippen LogP contribution >= 0.6 is 15.9 Å². The Kier molecular flexibility index (Phi) is 5.92. The second-order valence-corrected chi connectivity index (χ2v) is 5.48. The Morgan fingerprint density at radius 1 is 1.29 bits per heavy atom. The molecular weight excluding hydrogens is 283 g/mol. The highest BCUT2D eigenvalue weighted by molar-refractivity contribution is 9.10. The first-order valence-corrected chi connectivity index (χ1v) is 6.67. The third-order valence-corrected chi connectivity index (χ3v) is 3.39. The van der Waals surface area contributed by atoms with E-state index in [0.29, 0.717) is 17.5 Å². The Labute approximate surface area is 111 Å². The largest absolute Gasteiger partial charge is 0.382 e. The van der Waals surface area contributed by atoms with Gasteiger partial charge in [-0.05, 0) is 43.6 Å². The molecule has 2 N–H and O–H groups in total. The molecular formula is C13H20BrFN2. The number of halogens is 2. The fourth-order valence-corrected chi connectivity index (χ4v) is 2.04. The monoisotopic (exact) mass is 302 g/mol. The van der Waals surface area contributed by atoms with Gasteiger partial charge in [-0.25, -0.2) is 4.39 Å². The van der Waals surface area contributed by atoms with E-state index in [9.17, 15) is 4.39 Å². The molecule has 1 rings (SSSR count). The lowest BCUT2D eigenvalue weighted by Crippen LogP contribution is -2.29. The third kappa shape index (κ3) is 4.64. The first-order chi connectivity index (χ1) is 8.04. The quantitative estimate of drug-likeness (QED) is 0.840. The molecule has 0 aliphatic rings. The van der Waals surface area contributed by atoms with E-state index in [2.05, 4.69) is 40.4 Å². The second-order valence-electron chi connectivity index (χ2n) is 4.57. The van der Waals surface area contributed by atoms with E-state index in [-0.39, 0.29) is 5.82 Å². The van der Waals surface area contributed by atoms with Crippen LogP contribution in [0.25, 0.3) is 0 Å². The van der Waals surface area contributed by atoms with Crippen LogP contribution in [0.4, 0.5) is 10.1 Å². The highest BCUT2D eigenvalue weighted by Gasteiger charge is 2.13. The van der Waals surface area contributed by atoms with Crippen LogP contribution in [-0.4, -0.2) is 20.1 Å². The van der Waals surface area contributed by atoms with Crippen molar-refractivity contribution < 1.29 is 4.39 Å². The summed E-state index contributed by atoms with van der Waals surface area (Å²) < 4.78 is 14.4. The van der Waals surface area contributed by atoms with Gasteiger partial charge in [0.05, 0.1) is 5.69 Å². The van der Waals surface area contributed by atoms with E-state index in [1.54, 1.807) is 12.1 Å². The predicted octanol–water partition coefficient (Wildman–Crippen LogP) is 3.49. The van der Waals surface area contributed by atoms with Crippen LogP contribution < -0.4 is 10.6 Å². The van der Waals surface area contributed by atoms with Crippen LogP contribution in [0.2, 0.25) is 0 Å². The van der Waals surface area contributed by atoms with Crippen LogP contribution in [0.5, 0.6) is 0 Å². The maximum absolute atomic E-state index is 13.5. The lowest BCUT2D eigenvalue weighted by molar-refractivity contribution is 0.390. The van der Waals surface area contributed by atoms with Crippen molar-refractivity contribution in [1.29, 1.82) is 0 Å². The van der Waals surface area contributed by atoms with E-state index in [1.807, 2.05) is 7.05 Å². The van der Waals surface area contributed by atoms with E-state index in [1.165, 1.54) is 6.07 Å². The summed E-state index contributed by atoms with van der Waals surface area (Å²) in [6.07, 6.45) is 0. The Morgan fingerprint density at radius 3 is 2.59 bits per heavy atom. The Morgan fingerprint density at radius 2 is 2.00 bits per heavy atom. The number of hydrogen-bond donors (Lipinski definition) is 2. The zero-order valence-corrected chi connectivity index (χ0v) is 12.1. The minimum atomic E-state index is -0.208. The van der Waals surface area contributed by atoms with Crippen LogP contribution in [0.15, 0.2) is 22.7 Å². The molecule has 0 aliphatic heterocycles. The Bertz CT molecular complexity index is 355. The molecule has 0 spiro atoms. The normalized spacial score (nSPS) is 12.8. The zero-order valence-electron chi connectivity index (χ0n) is 10.6. The standard InChI is InChI=1S/C13H20BrFN2/c1-9(2)10(7-16-3)8-17-13-6-11(14)4-5-12(13)15/h4-6,9-10,16-17H,7-8H2,1-3H3. The van der Waals surface area contributed by atoms with Crippen LogP contribution in [0.1, 0.15) is 13.8 Å². The van der Waals surface area contributed by atoms with E-state index < -0.39 is 0 Å². The maximum atomic E-state index is 13.5. The highest BCUT2D eigenvalue weighted by Crippen LogP contribution is 2.21. The van der Waals surface area contributed by atoms with Gasteiger partial charge in [0, 0.05) is 11.0 Å². The molecule has 0 fully saturated rings. The molecule has 0 heterocycles. The van der Waals surface area contributed by atoms with Crippen molar-refractivity contribution in [3.63, 3.8) is 0 Å². The summed E-state index contributed by atoms with van der Waals surface area (Å²) >= 11 is 3.34. The number of rotatable bonds is 6. The lowest BCUT2D eigenvalue weighted by atomic mass is 9.95. The molecule has 4 heteroatoms. The van der Waals surface area contributed by atoms with Crippen molar-refractivity contribution in [2.24, 2.45) is 11.8 Å². The first-order valence-electron chi connectivity index (χ1n) is 5.88. The van der Waals surface area contributed by atoms with Crippen LogP contribution in [0, 0.1) is 17.7 Å². The molecule has 1 atom stereocenters. The van der Waals surface area contributed by atoms with Crippen molar-refractivity contribution in [2.75, 3.05) is 25.5 Å². The van der Waals surface area contributed by atoms with Crippen molar-refractivity contribution >= 4 is 21.6 Å². The van der Waals surface area contributed by atoms with E-state index in [0.717, 1.165) is 17.6 Å². The van der Waals surface area contributed by atoms with Gasteiger partial charge in [0.15, 0.2) is 0 Å². The van der Waals surface area contributed by atoms with E-state index in [4.69, 9.17) is 0 Å². The number of benzene rings is 1. The topological polar surface area (TPSA) is 24.1 Å². The van der Waals surface area contributed by atoms with Gasteiger partial charge in [-0.3, -0.25) is 0 Å². The van der Waals surface area contributed by atoms with Gasteiger partial charge in [-0.15, -0.1) is 0 Å². The number of anilines is 1. The highest BCUT2D eigenvalue weighted by atomic mass is 79.9. The predicted molar refractivity (Wildman–Crippen MR) is 74.8 cm³/mol. The fraction of sp³-hybridized carbons (Fsp3) is 0.538. The van der Waals surface area contributed by atoms with Crippen molar-refractivity contribution in [2.45, 2.75) is 13.8 Å². The number of hydrogen-bond acceptors (Lipinski definition) is 2. The van der Waals surface area contributed by atoms with E-state index >= 15 is 0 Å². The van der Waals surface area contributed by atoms with Crippen molar-refractivity contribution in [1.82, 2.24) is 5.32 Å². The van der Waals surface area contributed by atoms with Gasteiger partial charge in [-0.2, -0.15) is 0 Å². The molecule has 1 unspecified atom stereocenters. The van der Waals surface area contributed by atoms with Gasteiger partial charge < -0.3 is 10.6 Å². The second kappa shape index (κ2) is 6.97. The van der Waals surface area contributed by atoms with Gasteiger partial charge >= 0.3 is 0 Å². The molecule has 0 amide bonds. The molecule has 0 saturated carbocycles. The van der Waals surface area contributed by atoms with Crippen LogP contribution in [-0.2, 0) is 0 Å². The van der Waals surface area contributed by atoms with Crippen molar-refractivity contribution in [3.8, 4) is 0 Å². The molecule has 0 aromatic heterocycles. The minimum absolute atomic E-state index is 0.208. The SMILES string of the molecule is CNCC(CNc1cc(Br)ccc1F)C(C)C. The molecule has 1 aromatic carbocycles. The molecule has 1 aromatic rings. The van der Waals surface area contributed by atoms with Gasteiger partial charge in [0.1, 0.15) is 5.82 Å². The number of nitrogens with one attached hydrogen (secondary N) is 2. The molecule has 0 bridgehead atoms. The molecule has 0 radical (unpaired) electrons. The molecule has 17 heavy (non-hydrogen) atoms. The van der Waals surface area contributed by atoms with Crippen LogP contribution in [0.3, 0.4) is 0 Å². The minimum Gasteiger partial charge on any atom is -0.382 e. The zero-order chi connectivity index (χ0) is 12.8. The molecule has 0 saturated heterocycles. The third-order valence-electron chi connectivity index (χ3n) is 2.89. The summed E-state index contributed by atoms with van der Waals surface area (Å²) in [5.41, 5.74) is 0.557.